The zero-order valence-electron chi connectivity index (χ0n) is 14.4. The Kier molecular flexibility index (Phi) is 3.93. The molecule has 0 aliphatic rings. The quantitative estimate of drug-likeness (QED) is 0.491. The summed E-state index contributed by atoms with van der Waals surface area (Å²) in [4.78, 5) is 11.4. The molecule has 0 amide bonds. The maximum atomic E-state index is 10.2. The minimum Gasteiger partial charge on any atom is -0.493 e. The van der Waals surface area contributed by atoms with Crippen molar-refractivity contribution in [2.45, 2.75) is 13.8 Å². The van der Waals surface area contributed by atoms with Crippen LogP contribution in [0.3, 0.4) is 0 Å². The average molecular weight is 343 g/mol. The molecule has 2 aromatic heterocycles. The summed E-state index contributed by atoms with van der Waals surface area (Å²) in [5.74, 6) is 0.244. The minimum atomic E-state index is -0.0293. The van der Waals surface area contributed by atoms with Gasteiger partial charge in [0.15, 0.2) is 5.69 Å². The van der Waals surface area contributed by atoms with Crippen molar-refractivity contribution in [3.8, 4) is 17.0 Å². The molecule has 0 unspecified atom stereocenters. The van der Waals surface area contributed by atoms with E-state index in [9.17, 15) is 5.11 Å². The average Bonchev–Trinajstić information content (AvgIpc) is 2.94. The molecule has 6 nitrogen and oxygen atoms in total. The molecular weight excluding hydrogens is 326 g/mol. The highest BCUT2D eigenvalue weighted by atomic mass is 16.3. The highest BCUT2D eigenvalue weighted by Gasteiger charge is 2.12. The second-order valence-corrected chi connectivity index (χ2v) is 6.10. The lowest BCUT2D eigenvalue weighted by molar-refractivity contribution is 0.459. The number of aromatic hydroxyl groups is 1. The first kappa shape index (κ1) is 16.0. The summed E-state index contributed by atoms with van der Waals surface area (Å²) in [7, 11) is 0. The number of benzene rings is 2. The van der Waals surface area contributed by atoms with E-state index in [2.05, 4.69) is 25.2 Å². The molecule has 4 rings (SSSR count). The molecule has 0 bridgehead atoms. The van der Waals surface area contributed by atoms with E-state index in [1.807, 2.05) is 68.4 Å². The van der Waals surface area contributed by atoms with Crippen molar-refractivity contribution in [1.82, 2.24) is 15.0 Å². The number of hydrogen-bond donors (Lipinski definition) is 2. The van der Waals surface area contributed by atoms with E-state index in [4.69, 9.17) is 0 Å². The monoisotopic (exact) mass is 343 g/mol. The second kappa shape index (κ2) is 6.40. The summed E-state index contributed by atoms with van der Waals surface area (Å²) in [6.07, 6.45) is 0. The van der Waals surface area contributed by atoms with Gasteiger partial charge in [0.05, 0.1) is 5.52 Å². The number of aryl methyl sites for hydroxylation is 2. The third-order valence-corrected chi connectivity index (χ3v) is 4.07. The summed E-state index contributed by atoms with van der Waals surface area (Å²) in [5, 5.41) is 19.3. The number of rotatable bonds is 3. The lowest BCUT2D eigenvalue weighted by Crippen LogP contribution is -1.87. The Bertz CT molecular complexity index is 1100. The number of fused-ring (bicyclic) bond motifs is 1. The Balaban J connectivity index is 1.79. The van der Waals surface area contributed by atoms with Crippen molar-refractivity contribution in [2.75, 3.05) is 0 Å². The standard InChI is InChI=1S/C20H17N5O/c1-12-10-13(2)22-20(21-12)25-24-18-16-11-15(14-6-4-3-5-7-14)8-9-17(16)23-19(18)26/h3-11,23,26H,1-2H3. The summed E-state index contributed by atoms with van der Waals surface area (Å²) in [5.41, 5.74) is 4.94. The number of azo groups is 1. The minimum absolute atomic E-state index is 0.0293. The Hall–Kier alpha value is -3.54. The number of nitrogens with one attached hydrogen (secondary N) is 1. The Labute approximate surface area is 150 Å². The predicted octanol–water partition coefficient (Wildman–Crippen LogP) is 5.36. The van der Waals surface area contributed by atoms with Crippen LogP contribution in [0.2, 0.25) is 0 Å². The highest BCUT2D eigenvalue weighted by Crippen LogP contribution is 2.38. The van der Waals surface area contributed by atoms with Gasteiger partial charge in [-0.1, -0.05) is 36.4 Å². The SMILES string of the molecule is Cc1cc(C)nc(N=Nc2c(O)[nH]c3ccc(-c4ccccc4)cc23)n1. The van der Waals surface area contributed by atoms with E-state index in [1.54, 1.807) is 0 Å². The van der Waals surface area contributed by atoms with Crippen LogP contribution in [0.4, 0.5) is 11.6 Å². The third-order valence-electron chi connectivity index (χ3n) is 4.07. The molecule has 2 heterocycles. The van der Waals surface area contributed by atoms with Crippen LogP contribution in [0.15, 0.2) is 64.8 Å². The summed E-state index contributed by atoms with van der Waals surface area (Å²) in [6.45, 7) is 3.76. The van der Waals surface area contributed by atoms with Gasteiger partial charge in [0, 0.05) is 16.8 Å². The molecule has 0 radical (unpaired) electrons. The van der Waals surface area contributed by atoms with Crippen LogP contribution >= 0.6 is 0 Å². The largest absolute Gasteiger partial charge is 0.493 e. The van der Waals surface area contributed by atoms with Gasteiger partial charge in [-0.05, 0) is 43.2 Å². The molecule has 2 N–H and O–H groups in total. The van der Waals surface area contributed by atoms with Gasteiger partial charge in [0.1, 0.15) is 0 Å². The van der Waals surface area contributed by atoms with Crippen molar-refractivity contribution in [3.05, 3.63) is 66.0 Å². The molecule has 0 saturated heterocycles. The maximum Gasteiger partial charge on any atom is 0.269 e. The van der Waals surface area contributed by atoms with E-state index in [0.717, 1.165) is 33.4 Å². The van der Waals surface area contributed by atoms with Gasteiger partial charge in [-0.15, -0.1) is 10.2 Å². The lowest BCUT2D eigenvalue weighted by Gasteiger charge is -2.01. The van der Waals surface area contributed by atoms with Crippen LogP contribution in [0, 0.1) is 13.8 Å². The zero-order valence-corrected chi connectivity index (χ0v) is 14.4. The van der Waals surface area contributed by atoms with Crippen molar-refractivity contribution in [2.24, 2.45) is 10.2 Å². The van der Waals surface area contributed by atoms with Crippen LogP contribution in [0.1, 0.15) is 11.4 Å². The number of hydrogen-bond acceptors (Lipinski definition) is 5. The van der Waals surface area contributed by atoms with Crippen molar-refractivity contribution in [3.63, 3.8) is 0 Å². The second-order valence-electron chi connectivity index (χ2n) is 6.10. The summed E-state index contributed by atoms with van der Waals surface area (Å²) in [6, 6.07) is 17.8. The van der Waals surface area contributed by atoms with Gasteiger partial charge < -0.3 is 10.1 Å². The Morgan fingerprint density at radius 1 is 0.846 bits per heavy atom. The highest BCUT2D eigenvalue weighted by molar-refractivity contribution is 5.96. The molecule has 26 heavy (non-hydrogen) atoms. The van der Waals surface area contributed by atoms with Gasteiger partial charge in [-0.2, -0.15) is 0 Å². The van der Waals surface area contributed by atoms with Crippen LogP contribution in [0.25, 0.3) is 22.0 Å². The van der Waals surface area contributed by atoms with Gasteiger partial charge >= 0.3 is 0 Å². The molecule has 128 valence electrons. The Morgan fingerprint density at radius 2 is 1.58 bits per heavy atom. The molecule has 6 heteroatoms. The van der Waals surface area contributed by atoms with Crippen LogP contribution in [-0.2, 0) is 0 Å². The van der Waals surface area contributed by atoms with E-state index < -0.39 is 0 Å². The van der Waals surface area contributed by atoms with Gasteiger partial charge in [0.25, 0.3) is 5.95 Å². The Morgan fingerprint density at radius 3 is 2.31 bits per heavy atom. The first-order chi connectivity index (χ1) is 12.6. The van der Waals surface area contributed by atoms with Gasteiger partial charge in [-0.25, -0.2) is 9.97 Å². The molecule has 0 aliphatic carbocycles. The molecule has 0 spiro atoms. The molecule has 0 atom stereocenters. The van der Waals surface area contributed by atoms with Crippen molar-refractivity contribution < 1.29 is 5.11 Å². The fraction of sp³-hybridized carbons (Fsp3) is 0.100. The van der Waals surface area contributed by atoms with Gasteiger partial charge in [-0.3, -0.25) is 0 Å². The van der Waals surface area contributed by atoms with Crippen LogP contribution in [0.5, 0.6) is 5.88 Å². The molecule has 0 saturated carbocycles. The smallest absolute Gasteiger partial charge is 0.269 e. The topological polar surface area (TPSA) is 86.5 Å². The number of aromatic nitrogens is 3. The number of aromatic amines is 1. The lowest BCUT2D eigenvalue weighted by atomic mass is 10.0. The molecule has 0 aliphatic heterocycles. The number of H-pyrrole nitrogens is 1. The fourth-order valence-electron chi connectivity index (χ4n) is 2.92. The fourth-order valence-corrected chi connectivity index (χ4v) is 2.92. The first-order valence-electron chi connectivity index (χ1n) is 8.24. The zero-order chi connectivity index (χ0) is 18.1. The van der Waals surface area contributed by atoms with Crippen molar-refractivity contribution >= 4 is 22.5 Å². The van der Waals surface area contributed by atoms with E-state index in [-0.39, 0.29) is 11.8 Å². The van der Waals surface area contributed by atoms with Crippen LogP contribution in [-0.4, -0.2) is 20.1 Å². The molecule has 4 aromatic rings. The number of nitrogens with zero attached hydrogens (tertiary/aromatic N) is 4. The molecule has 0 fully saturated rings. The molecular formula is C20H17N5O. The van der Waals surface area contributed by atoms with E-state index in [1.165, 1.54) is 0 Å². The maximum absolute atomic E-state index is 10.2. The third kappa shape index (κ3) is 3.04. The molecule has 2 aromatic carbocycles. The normalized spacial score (nSPS) is 11.5. The summed E-state index contributed by atoms with van der Waals surface area (Å²) >= 11 is 0. The van der Waals surface area contributed by atoms with E-state index in [0.29, 0.717) is 5.69 Å². The first-order valence-corrected chi connectivity index (χ1v) is 8.24. The van der Waals surface area contributed by atoms with E-state index >= 15 is 0 Å². The summed E-state index contributed by atoms with van der Waals surface area (Å²) < 4.78 is 0. The van der Waals surface area contributed by atoms with Crippen LogP contribution < -0.4 is 0 Å². The van der Waals surface area contributed by atoms with Gasteiger partial charge in [0.2, 0.25) is 5.88 Å². The van der Waals surface area contributed by atoms with Crippen molar-refractivity contribution in [1.29, 1.82) is 0 Å². The predicted molar refractivity (Wildman–Crippen MR) is 101 cm³/mol.